The van der Waals surface area contributed by atoms with Gasteiger partial charge in [0.1, 0.15) is 10.7 Å². The maximum atomic E-state index is 15.1. The third kappa shape index (κ3) is 4.89. The number of thiophene rings is 1. The van der Waals surface area contributed by atoms with Crippen molar-refractivity contribution in [3.63, 3.8) is 0 Å². The first kappa shape index (κ1) is 24.5. The van der Waals surface area contributed by atoms with E-state index in [9.17, 15) is 10.1 Å². The number of hydrogen-bond acceptors (Lipinski definition) is 3. The normalized spacial score (nSPS) is 17.6. The van der Waals surface area contributed by atoms with E-state index in [0.717, 1.165) is 46.9 Å². The summed E-state index contributed by atoms with van der Waals surface area (Å²) in [5.41, 5.74) is 2.66. The number of carbonyl (C=O) groups is 1. The Hall–Kier alpha value is -3.20. The highest BCUT2D eigenvalue weighted by Crippen LogP contribution is 2.38. The van der Waals surface area contributed by atoms with Crippen LogP contribution in [0.2, 0.25) is 5.02 Å². The molecule has 4 aromatic rings. The number of carbonyl (C=O) groups excluding carboxylic acids is 1. The zero-order chi connectivity index (χ0) is 25.2. The lowest BCUT2D eigenvalue weighted by atomic mass is 9.86. The van der Waals surface area contributed by atoms with Gasteiger partial charge in [0.15, 0.2) is 0 Å². The summed E-state index contributed by atoms with van der Waals surface area (Å²) in [4.78, 5) is 16.3. The fourth-order valence-corrected chi connectivity index (χ4v) is 6.50. The zero-order valence-electron chi connectivity index (χ0n) is 20.0. The van der Waals surface area contributed by atoms with E-state index in [0.29, 0.717) is 26.9 Å². The van der Waals surface area contributed by atoms with Crippen molar-refractivity contribution in [2.24, 2.45) is 5.92 Å². The third-order valence-electron chi connectivity index (χ3n) is 7.13. The Kier molecular flexibility index (Phi) is 7.09. The van der Waals surface area contributed by atoms with Crippen molar-refractivity contribution in [2.75, 3.05) is 0 Å². The van der Waals surface area contributed by atoms with Gasteiger partial charge in [-0.2, -0.15) is 5.26 Å². The minimum atomic E-state index is -0.348. The molecule has 0 aliphatic heterocycles. The van der Waals surface area contributed by atoms with Crippen molar-refractivity contribution in [3.8, 4) is 17.2 Å². The van der Waals surface area contributed by atoms with Gasteiger partial charge in [-0.05, 0) is 73.1 Å². The first-order chi connectivity index (χ1) is 17.4. The number of halogens is 2. The number of nitriles is 1. The number of amides is 1. The van der Waals surface area contributed by atoms with Gasteiger partial charge in [0.05, 0.1) is 16.7 Å². The quantitative estimate of drug-likeness (QED) is 0.267. The van der Waals surface area contributed by atoms with Crippen LogP contribution >= 0.6 is 22.9 Å². The molecule has 0 spiro atoms. The average molecular weight is 517 g/mol. The predicted octanol–water partition coefficient (Wildman–Crippen LogP) is 8.45. The second-order valence-corrected chi connectivity index (χ2v) is 11.0. The number of rotatable bonds is 5. The van der Waals surface area contributed by atoms with Crippen molar-refractivity contribution in [1.82, 2.24) is 4.90 Å². The molecule has 1 aliphatic rings. The Balaban J connectivity index is 1.52. The molecular formula is C30H26ClFN2OS. The molecule has 0 unspecified atom stereocenters. The molecule has 0 saturated heterocycles. The Labute approximate surface area is 219 Å². The van der Waals surface area contributed by atoms with Gasteiger partial charge >= 0.3 is 0 Å². The maximum Gasteiger partial charge on any atom is 0.266 e. The minimum absolute atomic E-state index is 0.0277. The molecule has 3 aromatic carbocycles. The van der Waals surface area contributed by atoms with Crippen molar-refractivity contribution in [3.05, 3.63) is 93.6 Å². The van der Waals surface area contributed by atoms with E-state index < -0.39 is 0 Å². The molecule has 3 nitrogen and oxygen atoms in total. The SMILES string of the molecule is CC1CCC(N(Cc2cc(-c3cccc(C#N)c3)ccc2F)C(=O)c2sc3ccccc3c2Cl)CC1. The molecule has 1 amide bonds. The standard InChI is InChI=1S/C30H26ClFN2OS/c1-19-9-12-24(13-10-19)34(30(35)29-28(31)25-7-2-3-8-27(25)36-29)18-23-16-22(11-14-26(23)32)21-6-4-5-20(15-21)17-33/h2-8,11,14-16,19,24H,9-10,12-13,18H2,1H3. The number of hydrogen-bond donors (Lipinski definition) is 0. The van der Waals surface area contributed by atoms with Gasteiger partial charge in [-0.25, -0.2) is 4.39 Å². The lowest BCUT2D eigenvalue weighted by molar-refractivity contribution is 0.0596. The van der Waals surface area contributed by atoms with Crippen molar-refractivity contribution >= 4 is 38.9 Å². The molecule has 1 heterocycles. The topological polar surface area (TPSA) is 44.1 Å². The molecule has 0 N–H and O–H groups in total. The highest BCUT2D eigenvalue weighted by atomic mass is 35.5. The third-order valence-corrected chi connectivity index (χ3v) is 8.79. The molecule has 6 heteroatoms. The van der Waals surface area contributed by atoms with E-state index in [2.05, 4.69) is 13.0 Å². The molecule has 1 aliphatic carbocycles. The molecule has 1 fully saturated rings. The molecule has 36 heavy (non-hydrogen) atoms. The van der Waals surface area contributed by atoms with E-state index >= 15 is 4.39 Å². The maximum absolute atomic E-state index is 15.1. The van der Waals surface area contributed by atoms with Crippen LogP contribution in [0.5, 0.6) is 0 Å². The molecule has 182 valence electrons. The minimum Gasteiger partial charge on any atom is -0.330 e. The van der Waals surface area contributed by atoms with E-state index in [4.69, 9.17) is 11.6 Å². The Morgan fingerprint density at radius 1 is 1.06 bits per heavy atom. The van der Waals surface area contributed by atoms with Gasteiger partial charge in [0.25, 0.3) is 5.91 Å². The van der Waals surface area contributed by atoms with Crippen LogP contribution in [0.4, 0.5) is 4.39 Å². The molecule has 0 bridgehead atoms. The van der Waals surface area contributed by atoms with Gasteiger partial charge in [0, 0.05) is 28.2 Å². The molecule has 0 atom stereocenters. The highest BCUT2D eigenvalue weighted by Gasteiger charge is 2.31. The van der Waals surface area contributed by atoms with E-state index in [-0.39, 0.29) is 24.3 Å². The van der Waals surface area contributed by atoms with Gasteiger partial charge in [-0.3, -0.25) is 4.79 Å². The summed E-state index contributed by atoms with van der Waals surface area (Å²) in [7, 11) is 0. The van der Waals surface area contributed by atoms with Crippen LogP contribution < -0.4 is 0 Å². The van der Waals surface area contributed by atoms with Crippen LogP contribution in [0.1, 0.15) is 53.4 Å². The predicted molar refractivity (Wildman–Crippen MR) is 145 cm³/mol. The smallest absolute Gasteiger partial charge is 0.266 e. The van der Waals surface area contributed by atoms with Crippen LogP contribution in [0, 0.1) is 23.1 Å². The van der Waals surface area contributed by atoms with E-state index in [1.807, 2.05) is 41.3 Å². The first-order valence-corrected chi connectivity index (χ1v) is 13.4. The van der Waals surface area contributed by atoms with Crippen LogP contribution in [-0.2, 0) is 6.54 Å². The van der Waals surface area contributed by atoms with Gasteiger partial charge in [-0.15, -0.1) is 11.3 Å². The molecule has 1 saturated carbocycles. The second kappa shape index (κ2) is 10.4. The number of benzene rings is 3. The lowest BCUT2D eigenvalue weighted by Crippen LogP contribution is -2.41. The monoisotopic (exact) mass is 516 g/mol. The summed E-state index contributed by atoms with van der Waals surface area (Å²) < 4.78 is 16.1. The van der Waals surface area contributed by atoms with Gasteiger partial charge < -0.3 is 4.90 Å². The van der Waals surface area contributed by atoms with E-state index in [1.54, 1.807) is 24.3 Å². The second-order valence-electron chi connectivity index (χ2n) is 9.59. The Morgan fingerprint density at radius 2 is 1.81 bits per heavy atom. The Bertz CT molecular complexity index is 1470. The van der Waals surface area contributed by atoms with E-state index in [1.165, 1.54) is 17.4 Å². The lowest BCUT2D eigenvalue weighted by Gasteiger charge is -2.36. The largest absolute Gasteiger partial charge is 0.330 e. The van der Waals surface area contributed by atoms with Crippen LogP contribution in [0.15, 0.2) is 66.7 Å². The molecule has 5 rings (SSSR count). The summed E-state index contributed by atoms with van der Waals surface area (Å²) in [6, 6.07) is 22.1. The summed E-state index contributed by atoms with van der Waals surface area (Å²) in [6.45, 7) is 2.41. The van der Waals surface area contributed by atoms with Gasteiger partial charge in [-0.1, -0.05) is 54.9 Å². The summed E-state index contributed by atoms with van der Waals surface area (Å²) >= 11 is 8.08. The summed E-state index contributed by atoms with van der Waals surface area (Å²) in [5, 5.41) is 10.6. The van der Waals surface area contributed by atoms with Crippen LogP contribution in [0.3, 0.4) is 0 Å². The average Bonchev–Trinajstić information content (AvgIpc) is 3.25. The molecular weight excluding hydrogens is 491 g/mol. The highest BCUT2D eigenvalue weighted by molar-refractivity contribution is 7.21. The number of fused-ring (bicyclic) bond motifs is 1. The van der Waals surface area contributed by atoms with Crippen molar-refractivity contribution in [2.45, 2.75) is 45.2 Å². The molecule has 0 radical (unpaired) electrons. The summed E-state index contributed by atoms with van der Waals surface area (Å²) in [5.74, 6) is 0.134. The fourth-order valence-electron chi connectivity index (χ4n) is 5.03. The molecule has 1 aromatic heterocycles. The van der Waals surface area contributed by atoms with Crippen molar-refractivity contribution in [1.29, 1.82) is 5.26 Å². The Morgan fingerprint density at radius 3 is 2.56 bits per heavy atom. The fraction of sp³-hybridized carbons (Fsp3) is 0.267. The van der Waals surface area contributed by atoms with Crippen LogP contribution in [-0.4, -0.2) is 16.8 Å². The zero-order valence-corrected chi connectivity index (χ0v) is 21.6. The van der Waals surface area contributed by atoms with Gasteiger partial charge in [0.2, 0.25) is 0 Å². The number of nitrogens with zero attached hydrogens (tertiary/aromatic N) is 2. The first-order valence-electron chi connectivity index (χ1n) is 12.2. The van der Waals surface area contributed by atoms with Crippen molar-refractivity contribution < 1.29 is 9.18 Å². The van der Waals surface area contributed by atoms with Crippen LogP contribution in [0.25, 0.3) is 21.2 Å². The summed E-state index contributed by atoms with van der Waals surface area (Å²) in [6.07, 6.45) is 3.86.